The van der Waals surface area contributed by atoms with Gasteiger partial charge in [0.25, 0.3) is 0 Å². The van der Waals surface area contributed by atoms with Crippen LogP contribution in [0.4, 0.5) is 4.39 Å². The maximum Gasteiger partial charge on any atom is 0.148 e. The van der Waals surface area contributed by atoms with Crippen LogP contribution in [0.1, 0.15) is 5.69 Å². The summed E-state index contributed by atoms with van der Waals surface area (Å²) in [6, 6.07) is 13.8. The molecule has 3 nitrogen and oxygen atoms in total. The fourth-order valence-electron chi connectivity index (χ4n) is 2.34. The monoisotopic (exact) mass is 278 g/mol. The van der Waals surface area contributed by atoms with Crippen molar-refractivity contribution >= 4 is 10.8 Å². The summed E-state index contributed by atoms with van der Waals surface area (Å²) in [4.78, 5) is 4.13. The van der Waals surface area contributed by atoms with Crippen molar-refractivity contribution in [3.05, 3.63) is 60.2 Å². The fraction of sp³-hybridized carbons (Fsp3) is 0.0588. The highest BCUT2D eigenvalue weighted by Crippen LogP contribution is 2.34. The molecule has 0 spiro atoms. The standard InChI is InChI=1S/C17H11FN2O/c1-21-12-7-6-11-10-20-16(9-19)17(14(11)8-12)13-4-2-3-5-15(13)18/h2-8,10H,1H3. The first-order valence-electron chi connectivity index (χ1n) is 6.36. The van der Waals surface area contributed by atoms with E-state index in [2.05, 4.69) is 4.98 Å². The summed E-state index contributed by atoms with van der Waals surface area (Å²) in [6.45, 7) is 0. The number of ether oxygens (including phenoxy) is 1. The van der Waals surface area contributed by atoms with Gasteiger partial charge in [0.15, 0.2) is 0 Å². The molecule has 3 aromatic rings. The number of methoxy groups -OCH3 is 1. The highest BCUT2D eigenvalue weighted by atomic mass is 19.1. The molecule has 102 valence electrons. The lowest BCUT2D eigenvalue weighted by Crippen LogP contribution is -1.94. The van der Waals surface area contributed by atoms with Crippen molar-refractivity contribution in [1.29, 1.82) is 5.26 Å². The SMILES string of the molecule is COc1ccc2cnc(C#N)c(-c3ccccc3F)c2c1. The molecule has 21 heavy (non-hydrogen) atoms. The molecule has 0 saturated carbocycles. The van der Waals surface area contributed by atoms with Crippen molar-refractivity contribution in [3.8, 4) is 22.9 Å². The molecule has 1 aromatic heterocycles. The molecule has 3 rings (SSSR count). The number of fused-ring (bicyclic) bond motifs is 1. The second-order valence-electron chi connectivity index (χ2n) is 4.53. The van der Waals surface area contributed by atoms with Gasteiger partial charge in [-0.2, -0.15) is 5.26 Å². The van der Waals surface area contributed by atoms with Crippen LogP contribution in [0.15, 0.2) is 48.7 Å². The number of pyridine rings is 1. The van der Waals surface area contributed by atoms with Crippen LogP contribution in [-0.4, -0.2) is 12.1 Å². The number of benzene rings is 2. The summed E-state index contributed by atoms with van der Waals surface area (Å²) in [5.74, 6) is 0.265. The molecule has 0 N–H and O–H groups in total. The number of aromatic nitrogens is 1. The Morgan fingerprint density at radius 3 is 2.71 bits per heavy atom. The van der Waals surface area contributed by atoms with Crippen LogP contribution in [0.5, 0.6) is 5.75 Å². The van der Waals surface area contributed by atoms with E-state index < -0.39 is 0 Å². The zero-order valence-corrected chi connectivity index (χ0v) is 11.3. The van der Waals surface area contributed by atoms with Crippen molar-refractivity contribution in [3.63, 3.8) is 0 Å². The van der Waals surface area contributed by atoms with E-state index in [0.717, 1.165) is 10.8 Å². The zero-order chi connectivity index (χ0) is 14.8. The molecule has 0 aliphatic heterocycles. The number of rotatable bonds is 2. The number of hydrogen-bond acceptors (Lipinski definition) is 3. The Hall–Kier alpha value is -2.93. The van der Waals surface area contributed by atoms with Gasteiger partial charge in [-0.05, 0) is 29.7 Å². The quantitative estimate of drug-likeness (QED) is 0.713. The first-order valence-corrected chi connectivity index (χ1v) is 6.36. The van der Waals surface area contributed by atoms with E-state index in [1.54, 1.807) is 43.6 Å². The van der Waals surface area contributed by atoms with Gasteiger partial charge in [0.1, 0.15) is 23.3 Å². The second kappa shape index (κ2) is 5.22. The van der Waals surface area contributed by atoms with Gasteiger partial charge in [-0.15, -0.1) is 0 Å². The fourth-order valence-corrected chi connectivity index (χ4v) is 2.34. The van der Waals surface area contributed by atoms with Crippen LogP contribution in [0.2, 0.25) is 0 Å². The number of nitriles is 1. The topological polar surface area (TPSA) is 45.9 Å². The summed E-state index contributed by atoms with van der Waals surface area (Å²) in [6.07, 6.45) is 1.61. The van der Waals surface area contributed by atoms with E-state index in [1.165, 1.54) is 6.07 Å². The Morgan fingerprint density at radius 2 is 2.00 bits per heavy atom. The molecular formula is C17H11FN2O. The van der Waals surface area contributed by atoms with Gasteiger partial charge < -0.3 is 4.74 Å². The summed E-state index contributed by atoms with van der Waals surface area (Å²) < 4.78 is 19.4. The number of nitrogens with zero attached hydrogens (tertiary/aromatic N) is 2. The van der Waals surface area contributed by atoms with Crippen LogP contribution in [0, 0.1) is 17.1 Å². The lowest BCUT2D eigenvalue weighted by molar-refractivity contribution is 0.415. The van der Waals surface area contributed by atoms with Crippen molar-refractivity contribution in [1.82, 2.24) is 4.98 Å². The van der Waals surface area contributed by atoms with Gasteiger partial charge in [0.2, 0.25) is 0 Å². The van der Waals surface area contributed by atoms with Crippen molar-refractivity contribution in [2.45, 2.75) is 0 Å². The molecule has 4 heteroatoms. The molecule has 0 atom stereocenters. The van der Waals surface area contributed by atoms with Crippen LogP contribution in [0.25, 0.3) is 21.9 Å². The van der Waals surface area contributed by atoms with Crippen LogP contribution < -0.4 is 4.74 Å². The summed E-state index contributed by atoms with van der Waals surface area (Å²) in [5, 5.41) is 10.9. The van der Waals surface area contributed by atoms with Crippen LogP contribution in [0.3, 0.4) is 0 Å². The van der Waals surface area contributed by atoms with E-state index >= 15 is 0 Å². The molecule has 1 heterocycles. The summed E-state index contributed by atoms with van der Waals surface area (Å²) >= 11 is 0. The third-order valence-electron chi connectivity index (χ3n) is 3.35. The molecule has 0 radical (unpaired) electrons. The summed E-state index contributed by atoms with van der Waals surface area (Å²) in [7, 11) is 1.57. The normalized spacial score (nSPS) is 10.3. The molecule has 0 fully saturated rings. The third kappa shape index (κ3) is 2.19. The minimum absolute atomic E-state index is 0.195. The van der Waals surface area contributed by atoms with Gasteiger partial charge in [0.05, 0.1) is 7.11 Å². The Kier molecular flexibility index (Phi) is 3.25. The molecular weight excluding hydrogens is 267 g/mol. The lowest BCUT2D eigenvalue weighted by atomic mass is 9.97. The van der Waals surface area contributed by atoms with Gasteiger partial charge in [-0.1, -0.05) is 18.2 Å². The molecule has 0 saturated heterocycles. The van der Waals surface area contributed by atoms with E-state index in [4.69, 9.17) is 4.74 Å². The van der Waals surface area contributed by atoms with Crippen molar-refractivity contribution in [2.24, 2.45) is 0 Å². The number of halogens is 1. The second-order valence-corrected chi connectivity index (χ2v) is 4.53. The Labute approximate surface area is 121 Å². The van der Waals surface area contributed by atoms with Gasteiger partial charge in [-0.3, -0.25) is 0 Å². The average Bonchev–Trinajstić information content (AvgIpc) is 2.54. The van der Waals surface area contributed by atoms with Crippen molar-refractivity contribution < 1.29 is 9.13 Å². The van der Waals surface area contributed by atoms with E-state index in [1.807, 2.05) is 12.1 Å². The van der Waals surface area contributed by atoms with Gasteiger partial charge >= 0.3 is 0 Å². The molecule has 2 aromatic carbocycles. The lowest BCUT2D eigenvalue weighted by Gasteiger charge is -2.10. The zero-order valence-electron chi connectivity index (χ0n) is 11.3. The van der Waals surface area contributed by atoms with Crippen molar-refractivity contribution in [2.75, 3.05) is 7.11 Å². The smallest absolute Gasteiger partial charge is 0.148 e. The van der Waals surface area contributed by atoms with Crippen LogP contribution >= 0.6 is 0 Å². The highest BCUT2D eigenvalue weighted by Gasteiger charge is 2.15. The number of hydrogen-bond donors (Lipinski definition) is 0. The first kappa shape index (κ1) is 13.1. The molecule has 0 aliphatic rings. The van der Waals surface area contributed by atoms with Crippen LogP contribution in [-0.2, 0) is 0 Å². The summed E-state index contributed by atoms with van der Waals surface area (Å²) in [5.41, 5.74) is 1.05. The average molecular weight is 278 g/mol. The molecule has 0 amide bonds. The molecule has 0 bridgehead atoms. The van der Waals surface area contributed by atoms with Gasteiger partial charge in [-0.25, -0.2) is 9.37 Å². The highest BCUT2D eigenvalue weighted by molar-refractivity contribution is 5.99. The van der Waals surface area contributed by atoms with Gasteiger partial charge in [0, 0.05) is 22.7 Å². The Balaban J connectivity index is 2.43. The molecule has 0 unspecified atom stereocenters. The van der Waals surface area contributed by atoms with E-state index in [0.29, 0.717) is 16.9 Å². The third-order valence-corrected chi connectivity index (χ3v) is 3.35. The first-order chi connectivity index (χ1) is 10.2. The largest absolute Gasteiger partial charge is 0.497 e. The predicted molar refractivity (Wildman–Crippen MR) is 78.4 cm³/mol. The molecule has 0 aliphatic carbocycles. The Bertz CT molecular complexity index is 868. The predicted octanol–water partition coefficient (Wildman–Crippen LogP) is 3.92. The Morgan fingerprint density at radius 1 is 1.19 bits per heavy atom. The maximum absolute atomic E-state index is 14.1. The minimum Gasteiger partial charge on any atom is -0.497 e. The minimum atomic E-state index is -0.383. The van der Waals surface area contributed by atoms with E-state index in [9.17, 15) is 9.65 Å². The maximum atomic E-state index is 14.1. The van der Waals surface area contributed by atoms with E-state index in [-0.39, 0.29) is 11.5 Å².